The van der Waals surface area contributed by atoms with Gasteiger partial charge in [-0.3, -0.25) is 4.79 Å². The van der Waals surface area contributed by atoms with Gasteiger partial charge in [-0.2, -0.15) is 0 Å². The van der Waals surface area contributed by atoms with E-state index in [4.69, 9.17) is 9.53 Å². The molecule has 2 rings (SSSR count). The average Bonchev–Trinajstić information content (AvgIpc) is 2.60. The predicted molar refractivity (Wildman–Crippen MR) is 123 cm³/mol. The summed E-state index contributed by atoms with van der Waals surface area (Å²) in [5.74, 6) is -0.490. The molecule has 2 atom stereocenters. The normalized spacial score (nSPS) is 14.5. The summed E-state index contributed by atoms with van der Waals surface area (Å²) >= 11 is 3.14. The summed E-state index contributed by atoms with van der Waals surface area (Å²) < 4.78 is 22.2. The first kappa shape index (κ1) is 24.6. The van der Waals surface area contributed by atoms with E-state index < -0.39 is 32.4 Å². The number of nitrogens with zero attached hydrogens (tertiary/aromatic N) is 1. The number of fused-ring (bicyclic) bond motifs is 1. The fraction of sp³-hybridized carbons (Fsp3) is 0.524. The van der Waals surface area contributed by atoms with Gasteiger partial charge in [-0.25, -0.2) is 9.18 Å². The van der Waals surface area contributed by atoms with E-state index in [1.54, 1.807) is 25.3 Å². The van der Waals surface area contributed by atoms with Gasteiger partial charge >= 0.3 is 6.09 Å². The van der Waals surface area contributed by atoms with E-state index in [2.05, 4.69) is 55.1 Å². The van der Waals surface area contributed by atoms with E-state index in [9.17, 15) is 14.0 Å². The topological polar surface area (TPSA) is 80.6 Å². The van der Waals surface area contributed by atoms with Crippen LogP contribution in [0, 0.1) is 5.82 Å². The first-order chi connectivity index (χ1) is 13.7. The van der Waals surface area contributed by atoms with E-state index >= 15 is 0 Å². The standard InChI is InChI=1S/C21H30BrFN2O4Si/c1-13(24-20(27)28)18(29-30(5,6)21(2,3)4)8-10-25-9-7-14-11-16(22)17(23)12-15(14)19(25)26/h7,9,11-13,18,24H,8,10H2,1-6H3,(H,27,28)/t13-,18-/m0/s1. The quantitative estimate of drug-likeness (QED) is 0.502. The average molecular weight is 501 g/mol. The number of carboxylic acid groups (broad SMARTS) is 1. The molecular formula is C21H30BrFN2O4Si. The Morgan fingerprint density at radius 1 is 1.37 bits per heavy atom. The van der Waals surface area contributed by atoms with Gasteiger partial charge in [0, 0.05) is 12.7 Å². The van der Waals surface area contributed by atoms with Crippen LogP contribution < -0.4 is 10.9 Å². The smallest absolute Gasteiger partial charge is 0.404 e. The lowest BCUT2D eigenvalue weighted by molar-refractivity contribution is 0.121. The molecule has 0 saturated carbocycles. The van der Waals surface area contributed by atoms with Crippen molar-refractivity contribution in [2.45, 2.75) is 70.9 Å². The highest BCUT2D eigenvalue weighted by Crippen LogP contribution is 2.38. The molecular weight excluding hydrogens is 471 g/mol. The Morgan fingerprint density at radius 3 is 2.57 bits per heavy atom. The highest BCUT2D eigenvalue weighted by Gasteiger charge is 2.40. The summed E-state index contributed by atoms with van der Waals surface area (Å²) in [6.07, 6.45) is 0.605. The maximum atomic E-state index is 13.9. The SMILES string of the molecule is C[C@H](NC(=O)O)[C@H](CCn1ccc2cc(Br)c(F)cc2c1=O)O[Si](C)(C)C(C)(C)C. The minimum absolute atomic E-state index is 0.0428. The van der Waals surface area contributed by atoms with Crippen LogP contribution in [-0.2, 0) is 11.0 Å². The number of benzene rings is 1. The van der Waals surface area contributed by atoms with Crippen molar-refractivity contribution in [1.29, 1.82) is 0 Å². The van der Waals surface area contributed by atoms with Crippen LogP contribution in [0.5, 0.6) is 0 Å². The number of nitrogens with one attached hydrogen (secondary N) is 1. The zero-order chi connectivity index (χ0) is 22.9. The van der Waals surface area contributed by atoms with Crippen LogP contribution in [0.15, 0.2) is 33.7 Å². The van der Waals surface area contributed by atoms with Crippen molar-refractivity contribution in [1.82, 2.24) is 9.88 Å². The number of pyridine rings is 1. The maximum Gasteiger partial charge on any atom is 0.404 e. The molecule has 166 valence electrons. The number of rotatable bonds is 7. The molecule has 0 aliphatic rings. The monoisotopic (exact) mass is 500 g/mol. The van der Waals surface area contributed by atoms with Crippen molar-refractivity contribution in [3.05, 3.63) is 45.0 Å². The van der Waals surface area contributed by atoms with Crippen molar-refractivity contribution in [3.8, 4) is 0 Å². The molecule has 1 aromatic heterocycles. The summed E-state index contributed by atoms with van der Waals surface area (Å²) in [5, 5.41) is 12.5. The summed E-state index contributed by atoms with van der Waals surface area (Å²) in [4.78, 5) is 24.0. The van der Waals surface area contributed by atoms with Gasteiger partial charge in [0.05, 0.1) is 22.0 Å². The van der Waals surface area contributed by atoms with Gasteiger partial charge in [0.2, 0.25) is 0 Å². The molecule has 0 spiro atoms. The van der Waals surface area contributed by atoms with E-state index in [0.29, 0.717) is 28.2 Å². The van der Waals surface area contributed by atoms with Gasteiger partial charge < -0.3 is 19.4 Å². The molecule has 0 radical (unpaired) electrons. The molecule has 2 N–H and O–H groups in total. The first-order valence-electron chi connectivity index (χ1n) is 9.88. The van der Waals surface area contributed by atoms with E-state index in [1.807, 2.05) is 0 Å². The van der Waals surface area contributed by atoms with E-state index in [0.717, 1.165) is 0 Å². The number of aryl methyl sites for hydroxylation is 1. The second-order valence-electron chi connectivity index (χ2n) is 9.11. The Kier molecular flexibility index (Phi) is 7.53. The van der Waals surface area contributed by atoms with E-state index in [1.165, 1.54) is 10.6 Å². The van der Waals surface area contributed by atoms with Crippen molar-refractivity contribution in [3.63, 3.8) is 0 Å². The lowest BCUT2D eigenvalue weighted by Gasteiger charge is -2.41. The van der Waals surface area contributed by atoms with Crippen LogP contribution in [0.1, 0.15) is 34.1 Å². The van der Waals surface area contributed by atoms with Crippen LogP contribution >= 0.6 is 15.9 Å². The Balaban J connectivity index is 2.30. The molecule has 0 saturated heterocycles. The Bertz CT molecular complexity index is 987. The Hall–Kier alpha value is -1.71. The van der Waals surface area contributed by atoms with Crippen molar-refractivity contribution in [2.24, 2.45) is 0 Å². The molecule has 9 heteroatoms. The predicted octanol–water partition coefficient (Wildman–Crippen LogP) is 5.34. The summed E-state index contributed by atoms with van der Waals surface area (Å²) in [6, 6.07) is 4.14. The third kappa shape index (κ3) is 5.70. The highest BCUT2D eigenvalue weighted by molar-refractivity contribution is 9.10. The van der Waals surface area contributed by atoms with Crippen LogP contribution in [0.25, 0.3) is 10.8 Å². The molecule has 6 nitrogen and oxygen atoms in total. The lowest BCUT2D eigenvalue weighted by atomic mass is 10.1. The van der Waals surface area contributed by atoms with Gasteiger partial charge in [0.25, 0.3) is 5.56 Å². The lowest BCUT2D eigenvalue weighted by Crippen LogP contribution is -2.51. The highest BCUT2D eigenvalue weighted by atomic mass is 79.9. The Morgan fingerprint density at radius 2 is 2.00 bits per heavy atom. The summed E-state index contributed by atoms with van der Waals surface area (Å²) in [6.45, 7) is 12.7. The molecule has 0 aliphatic carbocycles. The molecule has 0 bridgehead atoms. The van der Waals surface area contributed by atoms with Crippen LogP contribution in [0.3, 0.4) is 0 Å². The molecule has 0 aliphatic heterocycles. The minimum atomic E-state index is -2.17. The second kappa shape index (κ2) is 9.19. The van der Waals surface area contributed by atoms with Crippen LogP contribution in [0.2, 0.25) is 18.1 Å². The van der Waals surface area contributed by atoms with Crippen LogP contribution in [0.4, 0.5) is 9.18 Å². The van der Waals surface area contributed by atoms with Gasteiger partial charge in [-0.15, -0.1) is 0 Å². The van der Waals surface area contributed by atoms with Crippen molar-refractivity contribution < 1.29 is 18.7 Å². The number of carbonyl (C=O) groups is 1. The molecule has 0 unspecified atom stereocenters. The van der Waals surface area contributed by atoms with E-state index in [-0.39, 0.29) is 10.6 Å². The van der Waals surface area contributed by atoms with Crippen molar-refractivity contribution in [2.75, 3.05) is 0 Å². The largest absolute Gasteiger partial charge is 0.465 e. The third-order valence-corrected chi connectivity index (χ3v) is 10.9. The molecule has 1 aromatic carbocycles. The van der Waals surface area contributed by atoms with Gasteiger partial charge in [-0.1, -0.05) is 20.8 Å². The summed E-state index contributed by atoms with van der Waals surface area (Å²) in [7, 11) is -2.17. The number of hydrogen-bond acceptors (Lipinski definition) is 3. The first-order valence-corrected chi connectivity index (χ1v) is 13.6. The number of halogens is 2. The molecule has 1 heterocycles. The fourth-order valence-corrected chi connectivity index (χ4v) is 4.77. The Labute approximate surface area is 185 Å². The molecule has 30 heavy (non-hydrogen) atoms. The van der Waals surface area contributed by atoms with Gasteiger partial charge in [0.1, 0.15) is 5.82 Å². The fourth-order valence-electron chi connectivity index (χ4n) is 2.97. The number of amides is 1. The molecule has 2 aromatic rings. The minimum Gasteiger partial charge on any atom is -0.465 e. The summed E-state index contributed by atoms with van der Waals surface area (Å²) in [5.41, 5.74) is -0.288. The zero-order valence-corrected chi connectivity index (χ0v) is 20.8. The zero-order valence-electron chi connectivity index (χ0n) is 18.3. The molecule has 1 amide bonds. The van der Waals surface area contributed by atoms with Crippen LogP contribution in [-0.4, -0.2) is 36.2 Å². The number of aromatic nitrogens is 1. The van der Waals surface area contributed by atoms with Gasteiger partial charge in [0.15, 0.2) is 8.32 Å². The third-order valence-electron chi connectivity index (χ3n) is 5.83. The molecule has 0 fully saturated rings. The second-order valence-corrected chi connectivity index (χ2v) is 14.7. The van der Waals surface area contributed by atoms with Gasteiger partial charge in [-0.05, 0) is 71.0 Å². The van der Waals surface area contributed by atoms with Crippen molar-refractivity contribution >= 4 is 41.1 Å². The maximum absolute atomic E-state index is 13.9. The number of hydrogen-bond donors (Lipinski definition) is 2.